The summed E-state index contributed by atoms with van der Waals surface area (Å²) < 4.78 is 33.1. The first-order valence-electron chi connectivity index (χ1n) is 9.41. The topological polar surface area (TPSA) is 101 Å². The summed E-state index contributed by atoms with van der Waals surface area (Å²) in [6, 6.07) is 10.1. The van der Waals surface area contributed by atoms with Crippen LogP contribution in [0.15, 0.2) is 40.6 Å². The van der Waals surface area contributed by atoms with Crippen LogP contribution in [0.3, 0.4) is 0 Å². The second-order valence-corrected chi connectivity index (χ2v) is 11.8. The van der Waals surface area contributed by atoms with Crippen LogP contribution in [0.1, 0.15) is 33.6 Å². The molecule has 12 heteroatoms. The number of amides is 1. The standard InChI is InChI=1S/C19H19ClN4O4S3/c1-28-14-6-4-13(5-7-14)21-17(25)19-23-22-18(30-19)12-3-2-10-24(11-12)31(26,27)16-9-8-15(20)29-16/h4-9,12H,2-3,10-11H2,1H3,(H,21,25)/t12-/m1/s1. The van der Waals surface area contributed by atoms with Crippen molar-refractivity contribution in [2.45, 2.75) is 23.0 Å². The molecule has 164 valence electrons. The van der Waals surface area contributed by atoms with Crippen LogP contribution in [-0.4, -0.2) is 49.0 Å². The van der Waals surface area contributed by atoms with Crippen LogP contribution in [0.25, 0.3) is 0 Å². The van der Waals surface area contributed by atoms with Gasteiger partial charge in [-0.25, -0.2) is 8.42 Å². The van der Waals surface area contributed by atoms with E-state index in [-0.39, 0.29) is 21.0 Å². The van der Waals surface area contributed by atoms with Gasteiger partial charge in [-0.2, -0.15) is 4.31 Å². The molecule has 3 heterocycles. The molecule has 0 bridgehead atoms. The fourth-order valence-electron chi connectivity index (χ4n) is 3.28. The molecule has 1 fully saturated rings. The Morgan fingerprint density at radius 2 is 1.97 bits per heavy atom. The summed E-state index contributed by atoms with van der Waals surface area (Å²) in [5, 5.41) is 11.9. The fraction of sp³-hybridized carbons (Fsp3) is 0.316. The fourth-order valence-corrected chi connectivity index (χ4v) is 7.30. The molecule has 0 spiro atoms. The Hall–Kier alpha value is -2.05. The average Bonchev–Trinajstić information content (AvgIpc) is 3.44. The molecule has 1 saturated heterocycles. The number of sulfonamides is 1. The van der Waals surface area contributed by atoms with Crippen LogP contribution >= 0.6 is 34.3 Å². The summed E-state index contributed by atoms with van der Waals surface area (Å²) in [4.78, 5) is 12.5. The zero-order chi connectivity index (χ0) is 22.0. The van der Waals surface area contributed by atoms with E-state index in [2.05, 4.69) is 15.5 Å². The third-order valence-electron chi connectivity index (χ3n) is 4.86. The molecule has 31 heavy (non-hydrogen) atoms. The van der Waals surface area contributed by atoms with E-state index in [1.165, 1.54) is 21.7 Å². The first kappa shape index (κ1) is 22.2. The lowest BCUT2D eigenvalue weighted by molar-refractivity contribution is 0.102. The number of thiophene rings is 1. The van der Waals surface area contributed by atoms with Gasteiger partial charge in [-0.3, -0.25) is 4.79 Å². The van der Waals surface area contributed by atoms with E-state index in [0.717, 1.165) is 17.8 Å². The monoisotopic (exact) mass is 498 g/mol. The van der Waals surface area contributed by atoms with Crippen molar-refractivity contribution in [2.24, 2.45) is 0 Å². The first-order valence-corrected chi connectivity index (χ1v) is 12.9. The van der Waals surface area contributed by atoms with Gasteiger partial charge in [0.1, 0.15) is 15.0 Å². The first-order chi connectivity index (χ1) is 14.9. The predicted molar refractivity (Wildman–Crippen MR) is 121 cm³/mol. The van der Waals surface area contributed by atoms with E-state index in [1.54, 1.807) is 37.4 Å². The summed E-state index contributed by atoms with van der Waals surface area (Å²) in [7, 11) is -2.03. The quantitative estimate of drug-likeness (QED) is 0.549. The minimum atomic E-state index is -3.60. The van der Waals surface area contributed by atoms with Gasteiger partial charge in [-0.05, 0) is 49.2 Å². The smallest absolute Gasteiger partial charge is 0.286 e. The molecule has 8 nitrogen and oxygen atoms in total. The van der Waals surface area contributed by atoms with Crippen LogP contribution in [0.5, 0.6) is 5.75 Å². The van der Waals surface area contributed by atoms with E-state index in [1.807, 2.05) is 0 Å². The van der Waals surface area contributed by atoms with Crippen LogP contribution < -0.4 is 10.1 Å². The summed E-state index contributed by atoms with van der Waals surface area (Å²) in [6.07, 6.45) is 1.49. The summed E-state index contributed by atoms with van der Waals surface area (Å²) in [5.41, 5.74) is 0.618. The predicted octanol–water partition coefficient (Wildman–Crippen LogP) is 4.08. The number of carbonyl (C=O) groups is 1. The molecule has 1 atom stereocenters. The number of aromatic nitrogens is 2. The van der Waals surface area contributed by atoms with Crippen LogP contribution in [0.4, 0.5) is 5.69 Å². The third-order valence-corrected chi connectivity index (χ3v) is 9.51. The molecule has 1 aromatic carbocycles. The number of carbonyl (C=O) groups excluding carboxylic acids is 1. The molecule has 1 aliphatic heterocycles. The second kappa shape index (κ2) is 9.21. The van der Waals surface area contributed by atoms with Gasteiger partial charge in [0, 0.05) is 24.7 Å². The minimum Gasteiger partial charge on any atom is -0.497 e. The Balaban J connectivity index is 1.45. The molecular weight excluding hydrogens is 480 g/mol. The number of methoxy groups -OCH3 is 1. The highest BCUT2D eigenvalue weighted by Crippen LogP contribution is 2.34. The van der Waals surface area contributed by atoms with Gasteiger partial charge >= 0.3 is 0 Å². The molecule has 2 aromatic heterocycles. The van der Waals surface area contributed by atoms with Crippen molar-refractivity contribution in [1.82, 2.24) is 14.5 Å². The van der Waals surface area contributed by atoms with Crippen molar-refractivity contribution < 1.29 is 17.9 Å². The molecule has 0 unspecified atom stereocenters. The molecule has 1 N–H and O–H groups in total. The lowest BCUT2D eigenvalue weighted by Gasteiger charge is -2.30. The maximum absolute atomic E-state index is 12.9. The van der Waals surface area contributed by atoms with Crippen LogP contribution in [-0.2, 0) is 10.0 Å². The number of ether oxygens (including phenoxy) is 1. The van der Waals surface area contributed by atoms with Crippen molar-refractivity contribution in [3.63, 3.8) is 0 Å². The highest BCUT2D eigenvalue weighted by molar-refractivity contribution is 7.91. The molecule has 0 aliphatic carbocycles. The Morgan fingerprint density at radius 1 is 1.19 bits per heavy atom. The van der Waals surface area contributed by atoms with Crippen LogP contribution in [0.2, 0.25) is 4.34 Å². The lowest BCUT2D eigenvalue weighted by Crippen LogP contribution is -2.38. The number of hydrogen-bond acceptors (Lipinski definition) is 8. The highest BCUT2D eigenvalue weighted by Gasteiger charge is 2.33. The Kier molecular flexibility index (Phi) is 6.58. The average molecular weight is 499 g/mol. The molecule has 1 amide bonds. The molecule has 0 radical (unpaired) electrons. The van der Waals surface area contributed by atoms with Crippen molar-refractivity contribution in [2.75, 3.05) is 25.5 Å². The summed E-state index contributed by atoms with van der Waals surface area (Å²) in [6.45, 7) is 0.741. The lowest BCUT2D eigenvalue weighted by atomic mass is 10.0. The minimum absolute atomic E-state index is 0.112. The molecule has 4 rings (SSSR count). The highest BCUT2D eigenvalue weighted by atomic mass is 35.5. The number of anilines is 1. The maximum Gasteiger partial charge on any atom is 0.286 e. The van der Waals surface area contributed by atoms with Crippen molar-refractivity contribution >= 4 is 55.9 Å². The van der Waals surface area contributed by atoms with Crippen LogP contribution in [0, 0.1) is 0 Å². The number of nitrogens with zero attached hydrogens (tertiary/aromatic N) is 3. The Morgan fingerprint density at radius 3 is 2.65 bits per heavy atom. The Bertz CT molecular complexity index is 1180. The molecule has 0 saturated carbocycles. The number of rotatable bonds is 6. The van der Waals surface area contributed by atoms with E-state index in [9.17, 15) is 13.2 Å². The zero-order valence-corrected chi connectivity index (χ0v) is 19.7. The zero-order valence-electron chi connectivity index (χ0n) is 16.4. The molecule has 1 aliphatic rings. The van der Waals surface area contributed by atoms with Gasteiger partial charge in [0.05, 0.1) is 11.4 Å². The van der Waals surface area contributed by atoms with Gasteiger partial charge in [-0.1, -0.05) is 22.9 Å². The molecule has 3 aromatic rings. The SMILES string of the molecule is COc1ccc(NC(=O)c2nnc([C@@H]3CCCN(S(=O)(=O)c4ccc(Cl)s4)C3)s2)cc1. The van der Waals surface area contributed by atoms with E-state index in [0.29, 0.717) is 40.3 Å². The van der Waals surface area contributed by atoms with Gasteiger partial charge in [-0.15, -0.1) is 21.5 Å². The number of benzene rings is 1. The van der Waals surface area contributed by atoms with Crippen molar-refractivity contribution in [1.29, 1.82) is 0 Å². The number of halogens is 1. The van der Waals surface area contributed by atoms with E-state index in [4.69, 9.17) is 16.3 Å². The van der Waals surface area contributed by atoms with Gasteiger partial charge in [0.15, 0.2) is 0 Å². The maximum atomic E-state index is 12.9. The number of hydrogen-bond donors (Lipinski definition) is 1. The van der Waals surface area contributed by atoms with E-state index < -0.39 is 10.0 Å². The van der Waals surface area contributed by atoms with Crippen molar-refractivity contribution in [3.05, 3.63) is 50.7 Å². The Labute approximate surface area is 192 Å². The number of nitrogens with one attached hydrogen (secondary N) is 1. The van der Waals surface area contributed by atoms with Gasteiger partial charge in [0.2, 0.25) is 5.01 Å². The van der Waals surface area contributed by atoms with E-state index >= 15 is 0 Å². The third kappa shape index (κ3) is 4.90. The summed E-state index contributed by atoms with van der Waals surface area (Å²) in [5.74, 6) is 0.222. The summed E-state index contributed by atoms with van der Waals surface area (Å²) >= 11 is 8.14. The number of piperidine rings is 1. The largest absolute Gasteiger partial charge is 0.497 e. The van der Waals surface area contributed by atoms with Gasteiger partial charge in [0.25, 0.3) is 15.9 Å². The second-order valence-electron chi connectivity index (χ2n) is 6.89. The molecular formula is C19H19ClN4O4S3. The normalized spacial score (nSPS) is 17.4. The van der Waals surface area contributed by atoms with Crippen molar-refractivity contribution in [3.8, 4) is 5.75 Å². The van der Waals surface area contributed by atoms with Gasteiger partial charge < -0.3 is 10.1 Å².